The first kappa shape index (κ1) is 18.1. The molecule has 2 aromatic rings. The van der Waals surface area contributed by atoms with Crippen LogP contribution in [0.4, 0.5) is 0 Å². The van der Waals surface area contributed by atoms with E-state index >= 15 is 0 Å². The molecular formula is C18H26N4O2. The van der Waals surface area contributed by atoms with Gasteiger partial charge in [-0.05, 0) is 36.6 Å². The Morgan fingerprint density at radius 3 is 2.62 bits per heavy atom. The zero-order chi connectivity index (χ0) is 17.9. The number of aryl methyl sites for hydroxylation is 1. The van der Waals surface area contributed by atoms with Gasteiger partial charge in [0, 0.05) is 17.5 Å². The number of carbonyl (C=O) groups excluding carboxylic acids is 1. The van der Waals surface area contributed by atoms with Crippen molar-refractivity contribution in [2.24, 2.45) is 11.3 Å². The molecule has 1 heterocycles. The zero-order valence-corrected chi connectivity index (χ0v) is 14.9. The average molecular weight is 330 g/mol. The van der Waals surface area contributed by atoms with Crippen molar-refractivity contribution in [3.8, 4) is 5.69 Å². The minimum atomic E-state index is -0.478. The quantitative estimate of drug-likeness (QED) is 0.852. The molecule has 0 saturated carbocycles. The molecule has 2 N–H and O–H groups in total. The lowest BCUT2D eigenvalue weighted by molar-refractivity contribution is 0.0138. The minimum absolute atomic E-state index is 0.137. The smallest absolute Gasteiger partial charge is 0.251 e. The number of nitrogens with one attached hydrogen (secondary N) is 1. The maximum absolute atomic E-state index is 12.5. The van der Waals surface area contributed by atoms with E-state index in [0.717, 1.165) is 11.3 Å². The fourth-order valence-electron chi connectivity index (χ4n) is 2.80. The Kier molecular flexibility index (Phi) is 5.39. The molecule has 0 aliphatic heterocycles. The van der Waals surface area contributed by atoms with Gasteiger partial charge in [-0.15, -0.1) is 0 Å². The van der Waals surface area contributed by atoms with Gasteiger partial charge >= 0.3 is 0 Å². The Morgan fingerprint density at radius 1 is 1.38 bits per heavy atom. The average Bonchev–Trinajstić information content (AvgIpc) is 3.06. The molecule has 24 heavy (non-hydrogen) atoms. The summed E-state index contributed by atoms with van der Waals surface area (Å²) in [5.41, 5.74) is 1.95. The predicted octanol–water partition coefficient (Wildman–Crippen LogP) is 2.35. The van der Waals surface area contributed by atoms with Gasteiger partial charge in [-0.3, -0.25) is 4.79 Å². The van der Waals surface area contributed by atoms with Gasteiger partial charge in [0.25, 0.3) is 5.91 Å². The first-order valence-corrected chi connectivity index (χ1v) is 8.14. The highest BCUT2D eigenvalue weighted by Gasteiger charge is 2.30. The second-order valence-corrected chi connectivity index (χ2v) is 7.20. The van der Waals surface area contributed by atoms with E-state index in [1.807, 2.05) is 46.8 Å². The normalized spacial score (nSPS) is 13.1. The third-order valence-corrected chi connectivity index (χ3v) is 4.27. The number of carbonyl (C=O) groups is 1. The maximum Gasteiger partial charge on any atom is 0.251 e. The molecule has 1 amide bonds. The molecule has 1 unspecified atom stereocenters. The van der Waals surface area contributed by atoms with Gasteiger partial charge in [0.1, 0.15) is 12.7 Å². The molecule has 1 atom stereocenters. The first-order valence-electron chi connectivity index (χ1n) is 8.14. The molecule has 0 fully saturated rings. The van der Waals surface area contributed by atoms with Crippen molar-refractivity contribution in [1.82, 2.24) is 20.1 Å². The van der Waals surface area contributed by atoms with E-state index in [2.05, 4.69) is 15.4 Å². The molecule has 2 rings (SSSR count). The van der Waals surface area contributed by atoms with Crippen LogP contribution >= 0.6 is 0 Å². The monoisotopic (exact) mass is 330 g/mol. The highest BCUT2D eigenvalue weighted by Crippen LogP contribution is 2.25. The first-order chi connectivity index (χ1) is 11.2. The van der Waals surface area contributed by atoms with Crippen LogP contribution in [-0.2, 0) is 0 Å². The highest BCUT2D eigenvalue weighted by atomic mass is 16.3. The molecular weight excluding hydrogens is 304 g/mol. The summed E-state index contributed by atoms with van der Waals surface area (Å²) in [4.78, 5) is 16.4. The van der Waals surface area contributed by atoms with Gasteiger partial charge in [-0.1, -0.05) is 27.7 Å². The Balaban J connectivity index is 2.08. The topological polar surface area (TPSA) is 80.0 Å². The number of aliphatic hydroxyl groups excluding tert-OH is 1. The molecule has 6 nitrogen and oxygen atoms in total. The predicted molar refractivity (Wildman–Crippen MR) is 93.1 cm³/mol. The SMILES string of the molecule is Cc1cc(-n2cncn2)ccc1C(=O)NCC(C)(C)C(O)C(C)C. The number of rotatable bonds is 6. The van der Waals surface area contributed by atoms with Crippen LogP contribution in [0, 0.1) is 18.3 Å². The zero-order valence-electron chi connectivity index (χ0n) is 14.9. The Bertz CT molecular complexity index is 693. The van der Waals surface area contributed by atoms with E-state index in [9.17, 15) is 9.90 Å². The van der Waals surface area contributed by atoms with E-state index in [1.54, 1.807) is 17.1 Å². The van der Waals surface area contributed by atoms with Crippen LogP contribution in [0.2, 0.25) is 0 Å². The van der Waals surface area contributed by atoms with Crippen LogP contribution in [0.1, 0.15) is 43.6 Å². The second-order valence-electron chi connectivity index (χ2n) is 7.20. The number of hydrogen-bond acceptors (Lipinski definition) is 4. The van der Waals surface area contributed by atoms with Crippen LogP contribution in [0.3, 0.4) is 0 Å². The minimum Gasteiger partial charge on any atom is -0.392 e. The lowest BCUT2D eigenvalue weighted by Gasteiger charge is -2.33. The number of aliphatic hydroxyl groups is 1. The van der Waals surface area contributed by atoms with Gasteiger partial charge in [0.2, 0.25) is 0 Å². The van der Waals surface area contributed by atoms with Crippen LogP contribution in [0.25, 0.3) is 5.69 Å². The third-order valence-electron chi connectivity index (χ3n) is 4.27. The summed E-state index contributed by atoms with van der Waals surface area (Å²) < 4.78 is 1.65. The summed E-state index contributed by atoms with van der Waals surface area (Å²) in [5.74, 6) is 0.00210. The van der Waals surface area contributed by atoms with Crippen molar-refractivity contribution in [1.29, 1.82) is 0 Å². The molecule has 0 spiro atoms. The van der Waals surface area contributed by atoms with E-state index in [1.165, 1.54) is 6.33 Å². The molecule has 1 aromatic carbocycles. The summed E-state index contributed by atoms with van der Waals surface area (Å²) >= 11 is 0. The Morgan fingerprint density at radius 2 is 2.08 bits per heavy atom. The molecule has 0 aliphatic rings. The second kappa shape index (κ2) is 7.13. The van der Waals surface area contributed by atoms with Crippen LogP contribution in [0.15, 0.2) is 30.9 Å². The van der Waals surface area contributed by atoms with Crippen LogP contribution in [-0.4, -0.2) is 38.4 Å². The summed E-state index contributed by atoms with van der Waals surface area (Å²) in [7, 11) is 0. The number of nitrogens with zero attached hydrogens (tertiary/aromatic N) is 3. The number of aromatic nitrogens is 3. The Labute approximate surface area is 142 Å². The van der Waals surface area contributed by atoms with Crippen molar-refractivity contribution >= 4 is 5.91 Å². The summed E-state index contributed by atoms with van der Waals surface area (Å²) in [6, 6.07) is 5.52. The van der Waals surface area contributed by atoms with Gasteiger partial charge in [0.05, 0.1) is 11.8 Å². The number of benzene rings is 1. The molecule has 6 heteroatoms. The fourth-order valence-corrected chi connectivity index (χ4v) is 2.80. The summed E-state index contributed by atoms with van der Waals surface area (Å²) in [6.45, 7) is 10.2. The van der Waals surface area contributed by atoms with Crippen molar-refractivity contribution in [3.05, 3.63) is 42.0 Å². The fraction of sp³-hybridized carbons (Fsp3) is 0.500. The molecule has 0 bridgehead atoms. The largest absolute Gasteiger partial charge is 0.392 e. The van der Waals surface area contributed by atoms with E-state index in [-0.39, 0.29) is 11.8 Å². The summed E-state index contributed by atoms with van der Waals surface area (Å²) in [5, 5.41) is 17.3. The summed E-state index contributed by atoms with van der Waals surface area (Å²) in [6.07, 6.45) is 2.61. The maximum atomic E-state index is 12.5. The van der Waals surface area contributed by atoms with Crippen molar-refractivity contribution in [3.63, 3.8) is 0 Å². The molecule has 1 aromatic heterocycles. The Hall–Kier alpha value is -2.21. The van der Waals surface area contributed by atoms with Crippen molar-refractivity contribution < 1.29 is 9.90 Å². The van der Waals surface area contributed by atoms with Crippen molar-refractivity contribution in [2.75, 3.05) is 6.54 Å². The van der Waals surface area contributed by atoms with E-state index in [0.29, 0.717) is 12.1 Å². The third kappa shape index (κ3) is 4.00. The molecule has 0 aliphatic carbocycles. The van der Waals surface area contributed by atoms with Gasteiger partial charge in [-0.2, -0.15) is 5.10 Å². The standard InChI is InChI=1S/C18H26N4O2/c1-12(2)16(23)18(4,5)9-20-17(24)15-7-6-14(8-13(15)3)22-11-19-10-21-22/h6-8,10-12,16,23H,9H2,1-5H3,(H,20,24). The lowest BCUT2D eigenvalue weighted by Crippen LogP contribution is -2.43. The van der Waals surface area contributed by atoms with Gasteiger partial charge < -0.3 is 10.4 Å². The number of amides is 1. The van der Waals surface area contributed by atoms with Crippen LogP contribution in [0.5, 0.6) is 0 Å². The van der Waals surface area contributed by atoms with E-state index < -0.39 is 11.5 Å². The molecule has 0 saturated heterocycles. The lowest BCUT2D eigenvalue weighted by atomic mass is 9.80. The van der Waals surface area contributed by atoms with Gasteiger partial charge in [0.15, 0.2) is 0 Å². The molecule has 130 valence electrons. The van der Waals surface area contributed by atoms with Gasteiger partial charge in [-0.25, -0.2) is 9.67 Å². The van der Waals surface area contributed by atoms with Crippen molar-refractivity contribution in [2.45, 2.75) is 40.7 Å². The van der Waals surface area contributed by atoms with E-state index in [4.69, 9.17) is 0 Å². The number of hydrogen-bond donors (Lipinski definition) is 2. The highest BCUT2D eigenvalue weighted by molar-refractivity contribution is 5.95. The van der Waals surface area contributed by atoms with Crippen LogP contribution < -0.4 is 5.32 Å². The molecule has 0 radical (unpaired) electrons.